The Balaban J connectivity index is 0.00000181. The molecule has 29 heavy (non-hydrogen) atoms. The van der Waals surface area contributed by atoms with Crippen LogP contribution in [-0.2, 0) is 11.2 Å². The molecule has 0 radical (unpaired) electrons. The first-order valence-corrected chi connectivity index (χ1v) is 11.3. The second kappa shape index (κ2) is 6.56. The Labute approximate surface area is 182 Å². The molecule has 0 bridgehead atoms. The smallest absolute Gasteiger partial charge is 0.239 e. The molecule has 0 unspecified atom stereocenters. The van der Waals surface area contributed by atoms with E-state index in [1.165, 1.54) is 23.1 Å². The first-order chi connectivity index (χ1) is 13.5. The van der Waals surface area contributed by atoms with Crippen LogP contribution in [0.3, 0.4) is 0 Å². The third-order valence-corrected chi connectivity index (χ3v) is 8.60. The number of nitrogens with zero attached hydrogens (tertiary/aromatic N) is 5. The summed E-state index contributed by atoms with van der Waals surface area (Å²) in [6.07, 6.45) is 6.44. The summed E-state index contributed by atoms with van der Waals surface area (Å²) in [7, 11) is 2.13. The zero-order valence-corrected chi connectivity index (χ0v) is 19.0. The first kappa shape index (κ1) is 19.6. The number of fused-ring (bicyclic) bond motifs is 1. The minimum atomic E-state index is 0. The van der Waals surface area contributed by atoms with E-state index in [4.69, 9.17) is 0 Å². The van der Waals surface area contributed by atoms with Crippen molar-refractivity contribution in [1.29, 1.82) is 0 Å². The van der Waals surface area contributed by atoms with Crippen molar-refractivity contribution in [3.8, 4) is 0 Å². The molecule has 5 heterocycles. The lowest BCUT2D eigenvalue weighted by atomic mass is 9.72. The maximum Gasteiger partial charge on any atom is 0.239 e. The van der Waals surface area contributed by atoms with E-state index in [9.17, 15) is 4.79 Å². The normalized spacial score (nSPS) is 26.5. The van der Waals surface area contributed by atoms with Crippen LogP contribution in [0.5, 0.6) is 0 Å². The molecule has 1 atom stereocenters. The van der Waals surface area contributed by atoms with Gasteiger partial charge in [-0.05, 0) is 44.2 Å². The number of hydrogen-bond donors (Lipinski definition) is 0. The molecule has 1 amide bonds. The first-order valence-electron chi connectivity index (χ1n) is 10.5. The average molecular weight is 432 g/mol. The molecule has 6 rings (SSSR count). The van der Waals surface area contributed by atoms with Gasteiger partial charge in [-0.1, -0.05) is 6.92 Å². The summed E-state index contributed by atoms with van der Waals surface area (Å²) >= 11 is 1.77. The number of rotatable bonds is 3. The quantitative estimate of drug-likeness (QED) is 0.747. The number of hydrogen-bond acceptors (Lipinski definition) is 6. The molecule has 8 heteroatoms. The number of carbonyl (C=O) groups is 1. The second-order valence-electron chi connectivity index (χ2n) is 9.67. The van der Waals surface area contributed by atoms with Crippen LogP contribution in [0.2, 0.25) is 0 Å². The highest BCUT2D eigenvalue weighted by Crippen LogP contribution is 2.55. The van der Waals surface area contributed by atoms with Gasteiger partial charge in [0.05, 0.1) is 11.4 Å². The molecule has 1 saturated carbocycles. The summed E-state index contributed by atoms with van der Waals surface area (Å²) in [6.45, 7) is 7.13. The van der Waals surface area contributed by atoms with Gasteiger partial charge in [0.2, 0.25) is 5.91 Å². The lowest BCUT2D eigenvalue weighted by Gasteiger charge is -2.61. The molecule has 0 aromatic carbocycles. The van der Waals surface area contributed by atoms with Gasteiger partial charge in [-0.2, -0.15) is 13.5 Å². The van der Waals surface area contributed by atoms with Crippen molar-refractivity contribution >= 4 is 46.8 Å². The molecule has 2 spiro atoms. The number of thiophene rings is 1. The van der Waals surface area contributed by atoms with Gasteiger partial charge >= 0.3 is 0 Å². The Hall–Kier alpha value is -1.38. The minimum absolute atomic E-state index is 0. The van der Waals surface area contributed by atoms with E-state index in [0.717, 1.165) is 56.2 Å². The third-order valence-electron chi connectivity index (χ3n) is 7.41. The van der Waals surface area contributed by atoms with E-state index in [2.05, 4.69) is 44.7 Å². The highest BCUT2D eigenvalue weighted by Gasteiger charge is 2.58. The Morgan fingerprint density at radius 2 is 1.93 bits per heavy atom. The van der Waals surface area contributed by atoms with Crippen molar-refractivity contribution in [3.05, 3.63) is 17.3 Å². The summed E-state index contributed by atoms with van der Waals surface area (Å²) < 4.78 is 0. The van der Waals surface area contributed by atoms with Gasteiger partial charge in [-0.25, -0.2) is 9.97 Å². The van der Waals surface area contributed by atoms with Gasteiger partial charge in [-0.15, -0.1) is 11.3 Å². The predicted octanol–water partition coefficient (Wildman–Crippen LogP) is 2.50. The molecule has 4 fully saturated rings. The topological polar surface area (TPSA) is 52.6 Å². The van der Waals surface area contributed by atoms with Crippen molar-refractivity contribution in [3.63, 3.8) is 0 Å². The number of carbonyl (C=O) groups excluding carboxylic acids is 1. The molecule has 156 valence electrons. The van der Waals surface area contributed by atoms with Crippen LogP contribution in [0.4, 0.5) is 5.82 Å². The molecule has 6 nitrogen and oxygen atoms in total. The van der Waals surface area contributed by atoms with Crippen LogP contribution in [-0.4, -0.2) is 71.5 Å². The fourth-order valence-electron chi connectivity index (χ4n) is 5.65. The molecule has 2 aromatic rings. The number of aryl methyl sites for hydroxylation is 1. The van der Waals surface area contributed by atoms with Gasteiger partial charge in [-0.3, -0.25) is 9.69 Å². The highest BCUT2D eigenvalue weighted by molar-refractivity contribution is 7.59. The monoisotopic (exact) mass is 431 g/mol. The summed E-state index contributed by atoms with van der Waals surface area (Å²) in [6, 6.07) is 2.37. The van der Waals surface area contributed by atoms with E-state index in [1.807, 2.05) is 0 Å². The van der Waals surface area contributed by atoms with Crippen LogP contribution < -0.4 is 4.90 Å². The lowest BCUT2D eigenvalue weighted by Crippen LogP contribution is -2.74. The minimum Gasteiger partial charge on any atom is -0.354 e. The van der Waals surface area contributed by atoms with Gasteiger partial charge in [0.15, 0.2) is 0 Å². The zero-order valence-electron chi connectivity index (χ0n) is 17.1. The van der Waals surface area contributed by atoms with E-state index >= 15 is 0 Å². The molecule has 4 aliphatic rings. The molecular formula is C21H29N5OS2. The standard InChI is InChI=1S/C21H27N5OS.H2S/c1-3-14-6-15-17(22-13-23-18(15)28-14)25-9-21(10-25)11-26(12-21)19(27)16-7-20(4-5-20)8-24(16)2;/h6,13,16H,3-5,7-12H2,1-2H3;1H2/t16-;/m0./s1. The number of anilines is 1. The van der Waals surface area contributed by atoms with E-state index in [1.54, 1.807) is 17.7 Å². The number of likely N-dealkylation sites (tertiary alicyclic amines) is 2. The van der Waals surface area contributed by atoms with Gasteiger partial charge in [0.1, 0.15) is 17.0 Å². The zero-order chi connectivity index (χ0) is 19.1. The van der Waals surface area contributed by atoms with Crippen molar-refractivity contribution in [2.24, 2.45) is 10.8 Å². The lowest BCUT2D eigenvalue weighted by molar-refractivity contribution is -0.149. The van der Waals surface area contributed by atoms with E-state index in [-0.39, 0.29) is 25.0 Å². The Bertz CT molecular complexity index is 957. The van der Waals surface area contributed by atoms with Crippen molar-refractivity contribution in [1.82, 2.24) is 19.8 Å². The Morgan fingerprint density at radius 3 is 2.59 bits per heavy atom. The molecule has 2 aromatic heterocycles. The maximum atomic E-state index is 13.0. The van der Waals surface area contributed by atoms with Crippen LogP contribution in [0, 0.1) is 10.8 Å². The summed E-state index contributed by atoms with van der Waals surface area (Å²) in [5.74, 6) is 1.44. The number of likely N-dealkylation sites (N-methyl/N-ethyl adjacent to an activating group) is 1. The van der Waals surface area contributed by atoms with Crippen LogP contribution in [0.25, 0.3) is 10.2 Å². The predicted molar refractivity (Wildman–Crippen MR) is 121 cm³/mol. The fraction of sp³-hybridized carbons (Fsp3) is 0.667. The average Bonchev–Trinajstić information content (AvgIpc) is 3.09. The van der Waals surface area contributed by atoms with Crippen molar-refractivity contribution < 1.29 is 4.79 Å². The Kier molecular flexibility index (Phi) is 4.43. The third kappa shape index (κ3) is 2.98. The molecule has 1 aliphatic carbocycles. The second-order valence-corrected chi connectivity index (χ2v) is 10.8. The number of aromatic nitrogens is 2. The molecule has 0 N–H and O–H groups in total. The van der Waals surface area contributed by atoms with Gasteiger partial charge in [0, 0.05) is 43.0 Å². The fourth-order valence-corrected chi connectivity index (χ4v) is 6.58. The summed E-state index contributed by atoms with van der Waals surface area (Å²) in [4.78, 5) is 31.3. The van der Waals surface area contributed by atoms with Gasteiger partial charge < -0.3 is 9.80 Å². The maximum absolute atomic E-state index is 13.0. The SMILES string of the molecule is CCc1cc2c(N3CC4(CN(C(=O)[C@@H]5CC6(CC6)CN5C)C4)C3)ncnc2s1.S. The largest absolute Gasteiger partial charge is 0.354 e. The highest BCUT2D eigenvalue weighted by atomic mass is 32.1. The van der Waals surface area contributed by atoms with E-state index < -0.39 is 0 Å². The van der Waals surface area contributed by atoms with Gasteiger partial charge in [0.25, 0.3) is 0 Å². The van der Waals surface area contributed by atoms with Crippen LogP contribution in [0.1, 0.15) is 31.1 Å². The van der Waals surface area contributed by atoms with Crippen molar-refractivity contribution in [2.75, 3.05) is 44.7 Å². The van der Waals surface area contributed by atoms with Crippen LogP contribution >= 0.6 is 24.8 Å². The van der Waals surface area contributed by atoms with Crippen molar-refractivity contribution in [2.45, 2.75) is 38.6 Å². The Morgan fingerprint density at radius 1 is 1.17 bits per heavy atom. The number of amides is 1. The van der Waals surface area contributed by atoms with Crippen LogP contribution in [0.15, 0.2) is 12.4 Å². The molecule has 3 aliphatic heterocycles. The van der Waals surface area contributed by atoms with E-state index in [0.29, 0.717) is 11.3 Å². The summed E-state index contributed by atoms with van der Waals surface area (Å²) in [5, 5.41) is 1.19. The summed E-state index contributed by atoms with van der Waals surface area (Å²) in [5.41, 5.74) is 0.770. The molecule has 3 saturated heterocycles. The molecular weight excluding hydrogens is 402 g/mol.